The Hall–Kier alpha value is -2.00. The van der Waals surface area contributed by atoms with Gasteiger partial charge in [0.1, 0.15) is 11.7 Å². The number of nitrogens with zero attached hydrogens (tertiary/aromatic N) is 3. The first-order valence-corrected chi connectivity index (χ1v) is 6.45. The summed E-state index contributed by atoms with van der Waals surface area (Å²) in [6, 6.07) is -0.682. The van der Waals surface area contributed by atoms with Gasteiger partial charge in [0, 0.05) is 27.4 Å². The van der Waals surface area contributed by atoms with Crippen LogP contribution in [0.5, 0.6) is 0 Å². The minimum atomic E-state index is -1.21. The Morgan fingerprint density at radius 2 is 2.10 bits per heavy atom. The van der Waals surface area contributed by atoms with E-state index in [4.69, 9.17) is 14.6 Å². The molecule has 0 aliphatic heterocycles. The maximum atomic E-state index is 12.0. The van der Waals surface area contributed by atoms with Crippen molar-refractivity contribution in [3.63, 3.8) is 0 Å². The lowest BCUT2D eigenvalue weighted by Gasteiger charge is -2.14. The van der Waals surface area contributed by atoms with Crippen LogP contribution in [0.2, 0.25) is 0 Å². The zero-order chi connectivity index (χ0) is 15.8. The van der Waals surface area contributed by atoms with E-state index in [9.17, 15) is 9.59 Å². The van der Waals surface area contributed by atoms with Gasteiger partial charge in [0.05, 0.1) is 6.61 Å². The van der Waals surface area contributed by atoms with Gasteiger partial charge in [0.15, 0.2) is 5.69 Å². The number of hydrogen-bond donors (Lipinski definition) is 2. The third kappa shape index (κ3) is 4.50. The van der Waals surface area contributed by atoms with E-state index in [2.05, 4.69) is 15.6 Å². The minimum absolute atomic E-state index is 0.00985. The number of aromatic nitrogens is 3. The molecule has 0 radical (unpaired) electrons. The van der Waals surface area contributed by atoms with Gasteiger partial charge in [-0.3, -0.25) is 4.79 Å². The van der Waals surface area contributed by atoms with Crippen LogP contribution in [-0.2, 0) is 20.9 Å². The van der Waals surface area contributed by atoms with Crippen molar-refractivity contribution in [1.29, 1.82) is 0 Å². The largest absolute Gasteiger partial charge is 0.476 e. The molecule has 9 nitrogen and oxygen atoms in total. The molecular formula is C12H20N4O5. The van der Waals surface area contributed by atoms with Crippen molar-refractivity contribution in [3.05, 3.63) is 11.4 Å². The number of carboxylic acid groups (broad SMARTS) is 1. The summed E-state index contributed by atoms with van der Waals surface area (Å²) >= 11 is 0. The Balaban J connectivity index is 2.79. The van der Waals surface area contributed by atoms with Crippen LogP contribution in [0, 0.1) is 0 Å². The third-order valence-corrected chi connectivity index (χ3v) is 2.85. The molecule has 1 heterocycles. The van der Waals surface area contributed by atoms with E-state index < -0.39 is 12.0 Å². The fraction of sp³-hybridized carbons (Fsp3) is 0.667. The predicted molar refractivity (Wildman–Crippen MR) is 71.9 cm³/mol. The number of carbonyl (C=O) groups excluding carboxylic acids is 1. The first kappa shape index (κ1) is 17.1. The van der Waals surface area contributed by atoms with Crippen LogP contribution in [0.15, 0.2) is 0 Å². The summed E-state index contributed by atoms with van der Waals surface area (Å²) in [6.45, 7) is 2.65. The number of nitrogens with one attached hydrogen (secondary N) is 1. The van der Waals surface area contributed by atoms with Gasteiger partial charge in [-0.1, -0.05) is 5.21 Å². The lowest BCUT2D eigenvalue weighted by atomic mass is 10.2. The van der Waals surface area contributed by atoms with Crippen LogP contribution >= 0.6 is 0 Å². The zero-order valence-electron chi connectivity index (χ0n) is 12.3. The van der Waals surface area contributed by atoms with Gasteiger partial charge in [-0.25, -0.2) is 9.48 Å². The van der Waals surface area contributed by atoms with Crippen LogP contribution in [-0.4, -0.2) is 59.3 Å². The van der Waals surface area contributed by atoms with Crippen molar-refractivity contribution in [3.8, 4) is 0 Å². The summed E-state index contributed by atoms with van der Waals surface area (Å²) in [5.41, 5.74) is 0.0421. The summed E-state index contributed by atoms with van der Waals surface area (Å²) in [6.07, 6.45) is 0.692. The molecule has 0 aromatic carbocycles. The van der Waals surface area contributed by atoms with E-state index in [1.165, 1.54) is 11.8 Å². The van der Waals surface area contributed by atoms with E-state index in [1.807, 2.05) is 0 Å². The summed E-state index contributed by atoms with van der Waals surface area (Å²) in [5, 5.41) is 19.1. The number of rotatable bonds is 9. The second-order valence-corrected chi connectivity index (χ2v) is 4.38. The van der Waals surface area contributed by atoms with Gasteiger partial charge in [0.25, 0.3) is 0 Å². The molecular weight excluding hydrogens is 280 g/mol. The molecule has 2 N–H and O–H groups in total. The van der Waals surface area contributed by atoms with Crippen molar-refractivity contribution >= 4 is 11.9 Å². The molecule has 0 aliphatic rings. The molecule has 21 heavy (non-hydrogen) atoms. The lowest BCUT2D eigenvalue weighted by molar-refractivity contribution is -0.124. The summed E-state index contributed by atoms with van der Waals surface area (Å²) in [4.78, 5) is 23.1. The minimum Gasteiger partial charge on any atom is -0.476 e. The van der Waals surface area contributed by atoms with E-state index in [0.29, 0.717) is 19.6 Å². The van der Waals surface area contributed by atoms with Crippen LogP contribution < -0.4 is 5.32 Å². The molecule has 118 valence electrons. The first-order chi connectivity index (χ1) is 10.0. The second-order valence-electron chi connectivity index (χ2n) is 4.38. The van der Waals surface area contributed by atoms with Crippen molar-refractivity contribution < 1.29 is 24.2 Å². The standard InChI is InChI=1S/C12H20N4O5/c1-8(11(17)13-5-4-6-20-2)16-9(7-21-3)10(12(18)19)14-15-16/h8H,4-7H2,1-3H3,(H,13,17)(H,18,19). The average Bonchev–Trinajstić information content (AvgIpc) is 2.87. The highest BCUT2D eigenvalue weighted by atomic mass is 16.5. The van der Waals surface area contributed by atoms with Gasteiger partial charge in [0.2, 0.25) is 5.91 Å². The molecule has 9 heteroatoms. The number of ether oxygens (including phenoxy) is 2. The monoisotopic (exact) mass is 300 g/mol. The molecule has 0 bridgehead atoms. The summed E-state index contributed by atoms with van der Waals surface area (Å²) < 4.78 is 11.1. The smallest absolute Gasteiger partial charge is 0.358 e. The Kier molecular flexibility index (Phi) is 6.76. The number of amides is 1. The fourth-order valence-corrected chi connectivity index (χ4v) is 1.75. The number of methoxy groups -OCH3 is 2. The first-order valence-electron chi connectivity index (χ1n) is 6.45. The molecule has 1 aromatic heterocycles. The fourth-order valence-electron chi connectivity index (χ4n) is 1.75. The number of hydrogen-bond acceptors (Lipinski definition) is 6. The number of aromatic carboxylic acids is 1. The average molecular weight is 300 g/mol. The molecule has 1 atom stereocenters. The highest BCUT2D eigenvalue weighted by molar-refractivity contribution is 5.87. The molecule has 0 saturated heterocycles. The van der Waals surface area contributed by atoms with Crippen LogP contribution in [0.4, 0.5) is 0 Å². The van der Waals surface area contributed by atoms with Gasteiger partial charge in [-0.05, 0) is 13.3 Å². The van der Waals surface area contributed by atoms with Gasteiger partial charge in [-0.15, -0.1) is 5.10 Å². The highest BCUT2D eigenvalue weighted by Gasteiger charge is 2.25. The van der Waals surface area contributed by atoms with E-state index in [0.717, 1.165) is 0 Å². The molecule has 1 rings (SSSR count). The summed E-state index contributed by atoms with van der Waals surface area (Å²) in [7, 11) is 3.02. The van der Waals surface area contributed by atoms with E-state index in [-0.39, 0.29) is 23.9 Å². The molecule has 1 aromatic rings. The molecule has 1 amide bonds. The Morgan fingerprint density at radius 3 is 2.67 bits per heavy atom. The summed E-state index contributed by atoms with van der Waals surface area (Å²) in [5.74, 6) is -1.48. The van der Waals surface area contributed by atoms with Crippen LogP contribution in [0.3, 0.4) is 0 Å². The molecule has 1 unspecified atom stereocenters. The zero-order valence-corrected chi connectivity index (χ0v) is 12.3. The Morgan fingerprint density at radius 1 is 1.38 bits per heavy atom. The Bertz CT molecular complexity index is 488. The normalized spacial score (nSPS) is 12.1. The second kappa shape index (κ2) is 8.32. The van der Waals surface area contributed by atoms with Crippen molar-refractivity contribution in [2.75, 3.05) is 27.4 Å². The maximum Gasteiger partial charge on any atom is 0.358 e. The van der Waals surface area contributed by atoms with Gasteiger partial charge < -0.3 is 19.9 Å². The van der Waals surface area contributed by atoms with E-state index >= 15 is 0 Å². The topological polar surface area (TPSA) is 116 Å². The van der Waals surface area contributed by atoms with E-state index in [1.54, 1.807) is 14.0 Å². The van der Waals surface area contributed by atoms with Crippen molar-refractivity contribution in [1.82, 2.24) is 20.3 Å². The SMILES string of the molecule is COCCCNC(=O)C(C)n1nnc(C(=O)O)c1COC. The highest BCUT2D eigenvalue weighted by Crippen LogP contribution is 2.13. The molecule has 0 saturated carbocycles. The van der Waals surface area contributed by atoms with Crippen molar-refractivity contribution in [2.24, 2.45) is 0 Å². The molecule has 0 fully saturated rings. The quantitative estimate of drug-likeness (QED) is 0.608. The van der Waals surface area contributed by atoms with Gasteiger partial charge >= 0.3 is 5.97 Å². The number of carbonyl (C=O) groups is 2. The van der Waals surface area contributed by atoms with Crippen molar-refractivity contribution in [2.45, 2.75) is 26.0 Å². The predicted octanol–water partition coefficient (Wildman–Crippen LogP) is -0.164. The van der Waals surface area contributed by atoms with Crippen LogP contribution in [0.1, 0.15) is 35.6 Å². The maximum absolute atomic E-state index is 12.0. The van der Waals surface area contributed by atoms with Crippen LogP contribution in [0.25, 0.3) is 0 Å². The lowest BCUT2D eigenvalue weighted by Crippen LogP contribution is -2.33. The number of carboxylic acids is 1. The van der Waals surface area contributed by atoms with Gasteiger partial charge in [-0.2, -0.15) is 0 Å². The molecule has 0 aliphatic carbocycles. The Labute approximate surface area is 122 Å². The third-order valence-electron chi connectivity index (χ3n) is 2.85. The molecule has 0 spiro atoms.